The van der Waals surface area contributed by atoms with Crippen LogP contribution in [0, 0.1) is 10.1 Å². The Morgan fingerprint density at radius 2 is 1.71 bits per heavy atom. The summed E-state index contributed by atoms with van der Waals surface area (Å²) in [5.74, 6) is 0. The van der Waals surface area contributed by atoms with Gasteiger partial charge >= 0.3 is 0 Å². The van der Waals surface area contributed by atoms with Gasteiger partial charge in [0.25, 0.3) is 5.69 Å². The molecule has 0 aliphatic carbocycles. The van der Waals surface area contributed by atoms with Crippen LogP contribution in [0.25, 0.3) is 0 Å². The highest BCUT2D eigenvalue weighted by Crippen LogP contribution is 2.24. The zero-order chi connectivity index (χ0) is 15.2. The number of hydrogen-bond acceptors (Lipinski definition) is 4. The fraction of sp³-hybridized carbons (Fsp3) is 0.200. The molecule has 0 fully saturated rings. The molecule has 0 radical (unpaired) electrons. The second kappa shape index (κ2) is 7.08. The number of anilines is 2. The molecule has 2 N–H and O–H groups in total. The molecule has 0 bridgehead atoms. The lowest BCUT2D eigenvalue weighted by Crippen LogP contribution is -2.03. The van der Waals surface area contributed by atoms with Gasteiger partial charge in [-0.2, -0.15) is 0 Å². The van der Waals surface area contributed by atoms with Gasteiger partial charge in [-0.25, -0.2) is 0 Å². The number of nitro groups is 1. The summed E-state index contributed by atoms with van der Waals surface area (Å²) >= 11 is 3.39. The zero-order valence-electron chi connectivity index (χ0n) is 11.6. The van der Waals surface area contributed by atoms with Gasteiger partial charge in [0, 0.05) is 41.1 Å². The monoisotopic (exact) mass is 349 g/mol. The lowest BCUT2D eigenvalue weighted by Gasteiger charge is -2.10. The van der Waals surface area contributed by atoms with Crippen LogP contribution in [0.5, 0.6) is 0 Å². The minimum Gasteiger partial charge on any atom is -0.385 e. The van der Waals surface area contributed by atoms with Crippen molar-refractivity contribution >= 4 is 33.0 Å². The molecule has 0 saturated heterocycles. The molecule has 0 heterocycles. The second-order valence-electron chi connectivity index (χ2n) is 4.54. The molecule has 5 nitrogen and oxygen atoms in total. The average Bonchev–Trinajstić information content (AvgIpc) is 2.47. The second-order valence-corrected chi connectivity index (χ2v) is 5.45. The number of nitrogens with zero attached hydrogens (tertiary/aromatic N) is 1. The van der Waals surface area contributed by atoms with Crippen molar-refractivity contribution in [2.45, 2.75) is 13.5 Å². The number of hydrogen-bond donors (Lipinski definition) is 2. The summed E-state index contributed by atoms with van der Waals surface area (Å²) in [7, 11) is 0. The topological polar surface area (TPSA) is 67.2 Å². The van der Waals surface area contributed by atoms with E-state index in [0.29, 0.717) is 13.1 Å². The quantitative estimate of drug-likeness (QED) is 0.599. The van der Waals surface area contributed by atoms with Crippen LogP contribution in [-0.4, -0.2) is 11.5 Å². The standard InChI is InChI=1S/C15H16BrN3O2/c1-2-17-13-7-14(9-15(8-13)19(20)21)18-10-11-3-5-12(16)6-4-11/h3-9,17-18H,2,10H2,1H3. The van der Waals surface area contributed by atoms with Gasteiger partial charge in [0.05, 0.1) is 4.92 Å². The maximum absolute atomic E-state index is 11.0. The third-order valence-electron chi connectivity index (χ3n) is 2.92. The van der Waals surface area contributed by atoms with Gasteiger partial charge in [0.1, 0.15) is 0 Å². The fourth-order valence-corrected chi connectivity index (χ4v) is 2.20. The van der Waals surface area contributed by atoms with E-state index in [2.05, 4.69) is 26.6 Å². The molecule has 0 aliphatic heterocycles. The Hall–Kier alpha value is -2.08. The van der Waals surface area contributed by atoms with E-state index in [9.17, 15) is 10.1 Å². The first kappa shape index (κ1) is 15.3. The maximum atomic E-state index is 11.0. The molecule has 2 aromatic carbocycles. The third-order valence-corrected chi connectivity index (χ3v) is 3.45. The van der Waals surface area contributed by atoms with Crippen molar-refractivity contribution in [3.05, 3.63) is 62.6 Å². The minimum absolute atomic E-state index is 0.0757. The van der Waals surface area contributed by atoms with E-state index in [-0.39, 0.29) is 10.6 Å². The molecule has 0 saturated carbocycles. The predicted molar refractivity (Wildman–Crippen MR) is 88.7 cm³/mol. The molecule has 21 heavy (non-hydrogen) atoms. The van der Waals surface area contributed by atoms with Crippen LogP contribution in [0.1, 0.15) is 12.5 Å². The van der Waals surface area contributed by atoms with Crippen molar-refractivity contribution < 1.29 is 4.92 Å². The number of nitro benzene ring substituents is 1. The van der Waals surface area contributed by atoms with E-state index in [1.54, 1.807) is 6.07 Å². The van der Waals surface area contributed by atoms with Gasteiger partial charge in [-0.3, -0.25) is 10.1 Å². The molecule has 2 rings (SSSR count). The average molecular weight is 350 g/mol. The van der Waals surface area contributed by atoms with Gasteiger partial charge in [0.2, 0.25) is 0 Å². The molecular weight excluding hydrogens is 334 g/mol. The van der Waals surface area contributed by atoms with Crippen molar-refractivity contribution in [3.63, 3.8) is 0 Å². The molecule has 0 aliphatic rings. The van der Waals surface area contributed by atoms with E-state index >= 15 is 0 Å². The molecule has 110 valence electrons. The SMILES string of the molecule is CCNc1cc(NCc2ccc(Br)cc2)cc([N+](=O)[O-])c1. The summed E-state index contributed by atoms with van der Waals surface area (Å²) in [4.78, 5) is 10.6. The summed E-state index contributed by atoms with van der Waals surface area (Å²) in [5.41, 5.74) is 2.65. The van der Waals surface area contributed by atoms with E-state index in [1.165, 1.54) is 6.07 Å². The highest BCUT2D eigenvalue weighted by Gasteiger charge is 2.09. The third kappa shape index (κ3) is 4.46. The van der Waals surface area contributed by atoms with E-state index < -0.39 is 0 Å². The Morgan fingerprint density at radius 1 is 1.10 bits per heavy atom. The predicted octanol–water partition coefficient (Wildman–Crippen LogP) is 4.40. The summed E-state index contributed by atoms with van der Waals surface area (Å²) < 4.78 is 1.02. The van der Waals surface area contributed by atoms with Crippen molar-refractivity contribution in [2.24, 2.45) is 0 Å². The number of rotatable bonds is 6. The van der Waals surface area contributed by atoms with Gasteiger partial charge in [0.15, 0.2) is 0 Å². The van der Waals surface area contributed by atoms with Gasteiger partial charge in [-0.1, -0.05) is 28.1 Å². The lowest BCUT2D eigenvalue weighted by atomic mass is 10.2. The van der Waals surface area contributed by atoms with Crippen molar-refractivity contribution in [3.8, 4) is 0 Å². The minimum atomic E-state index is -0.383. The smallest absolute Gasteiger partial charge is 0.273 e. The molecule has 6 heteroatoms. The highest BCUT2D eigenvalue weighted by atomic mass is 79.9. The van der Waals surface area contributed by atoms with Crippen LogP contribution in [0.15, 0.2) is 46.9 Å². The first-order valence-corrected chi connectivity index (χ1v) is 7.39. The largest absolute Gasteiger partial charge is 0.385 e. The van der Waals surface area contributed by atoms with Gasteiger partial charge in [-0.05, 0) is 30.7 Å². The number of nitrogens with one attached hydrogen (secondary N) is 2. The zero-order valence-corrected chi connectivity index (χ0v) is 13.2. The van der Waals surface area contributed by atoms with Crippen LogP contribution in [0.2, 0.25) is 0 Å². The van der Waals surface area contributed by atoms with Gasteiger partial charge in [-0.15, -0.1) is 0 Å². The molecular formula is C15H16BrN3O2. The Kier molecular flexibility index (Phi) is 5.16. The summed E-state index contributed by atoms with van der Waals surface area (Å²) in [6.07, 6.45) is 0. The van der Waals surface area contributed by atoms with Crippen molar-refractivity contribution in [1.82, 2.24) is 0 Å². The number of benzene rings is 2. The van der Waals surface area contributed by atoms with Crippen molar-refractivity contribution in [1.29, 1.82) is 0 Å². The molecule has 0 amide bonds. The molecule has 0 spiro atoms. The summed E-state index contributed by atoms with van der Waals surface area (Å²) in [6.45, 7) is 3.28. The van der Waals surface area contributed by atoms with E-state index in [1.807, 2.05) is 37.3 Å². The Morgan fingerprint density at radius 3 is 2.29 bits per heavy atom. The van der Waals surface area contributed by atoms with Crippen LogP contribution in [-0.2, 0) is 6.54 Å². The molecule has 0 aromatic heterocycles. The molecule has 0 unspecified atom stereocenters. The first-order chi connectivity index (χ1) is 10.1. The molecule has 2 aromatic rings. The number of non-ortho nitro benzene ring substituents is 1. The Labute approximate surface area is 131 Å². The van der Waals surface area contributed by atoms with Gasteiger partial charge < -0.3 is 10.6 Å². The highest BCUT2D eigenvalue weighted by molar-refractivity contribution is 9.10. The maximum Gasteiger partial charge on any atom is 0.273 e. The first-order valence-electron chi connectivity index (χ1n) is 6.60. The van der Waals surface area contributed by atoms with Crippen LogP contribution >= 0.6 is 15.9 Å². The number of halogens is 1. The van der Waals surface area contributed by atoms with Crippen LogP contribution < -0.4 is 10.6 Å². The summed E-state index contributed by atoms with van der Waals surface area (Å²) in [5, 5.41) is 17.3. The fourth-order valence-electron chi connectivity index (χ4n) is 1.93. The van der Waals surface area contributed by atoms with Crippen LogP contribution in [0.4, 0.5) is 17.1 Å². The molecule has 0 atom stereocenters. The van der Waals surface area contributed by atoms with E-state index in [0.717, 1.165) is 21.4 Å². The van der Waals surface area contributed by atoms with E-state index in [4.69, 9.17) is 0 Å². The Bertz CT molecular complexity index is 629. The van der Waals surface area contributed by atoms with Crippen LogP contribution in [0.3, 0.4) is 0 Å². The van der Waals surface area contributed by atoms with Crippen molar-refractivity contribution in [2.75, 3.05) is 17.2 Å². The normalized spacial score (nSPS) is 10.2. The summed E-state index contributed by atoms with van der Waals surface area (Å²) in [6, 6.07) is 12.9. The Balaban J connectivity index is 2.14. The lowest BCUT2D eigenvalue weighted by molar-refractivity contribution is -0.384.